The van der Waals surface area contributed by atoms with Gasteiger partial charge in [0.05, 0.1) is 0 Å². The molecule has 0 unspecified atom stereocenters. The van der Waals surface area contributed by atoms with E-state index in [4.69, 9.17) is 0 Å². The monoisotopic (exact) mass is 190 g/mol. The van der Waals surface area contributed by atoms with Crippen molar-refractivity contribution < 1.29 is 8.78 Å². The van der Waals surface area contributed by atoms with Gasteiger partial charge in [-0.3, -0.25) is 0 Å². The van der Waals surface area contributed by atoms with Crippen LogP contribution < -0.4 is 0 Å². The van der Waals surface area contributed by atoms with Gasteiger partial charge in [0.2, 0.25) is 0 Å². The molecule has 1 aromatic rings. The summed E-state index contributed by atoms with van der Waals surface area (Å²) < 4.78 is 25.9. The molecule has 0 saturated heterocycles. The van der Waals surface area contributed by atoms with Crippen molar-refractivity contribution >= 4 is 5.57 Å². The zero-order valence-electron chi connectivity index (χ0n) is 7.43. The Balaban J connectivity index is 2.30. The summed E-state index contributed by atoms with van der Waals surface area (Å²) in [7, 11) is 0. The van der Waals surface area contributed by atoms with Crippen LogP contribution >= 0.6 is 0 Å². The first-order valence-corrected chi connectivity index (χ1v) is 4.32. The summed E-state index contributed by atoms with van der Waals surface area (Å²) >= 11 is 0. The van der Waals surface area contributed by atoms with Crippen LogP contribution in [-0.2, 0) is 0 Å². The van der Waals surface area contributed by atoms with Crippen molar-refractivity contribution in [2.24, 2.45) is 0 Å². The molecule has 2 rings (SSSR count). The van der Waals surface area contributed by atoms with Gasteiger partial charge >= 0.3 is 0 Å². The van der Waals surface area contributed by atoms with Crippen LogP contribution in [-0.4, -0.2) is 5.92 Å². The second kappa shape index (κ2) is 3.37. The third-order valence-corrected chi connectivity index (χ3v) is 2.08. The van der Waals surface area contributed by atoms with Gasteiger partial charge in [-0.15, -0.1) is 0 Å². The van der Waals surface area contributed by atoms with E-state index in [1.165, 1.54) is 6.08 Å². The summed E-state index contributed by atoms with van der Waals surface area (Å²) in [4.78, 5) is 0. The smallest absolute Gasteiger partial charge is 0.201 e. The molecule has 1 aliphatic rings. The molecule has 14 heavy (non-hydrogen) atoms. The average Bonchev–Trinajstić information content (AvgIpc) is 2.18. The van der Waals surface area contributed by atoms with Crippen LogP contribution in [0.15, 0.2) is 36.4 Å². The van der Waals surface area contributed by atoms with Crippen LogP contribution in [0.5, 0.6) is 0 Å². The van der Waals surface area contributed by atoms with Crippen molar-refractivity contribution in [3.05, 3.63) is 54.1 Å². The summed E-state index contributed by atoms with van der Waals surface area (Å²) in [6.45, 7) is 0. The highest BCUT2D eigenvalue weighted by atomic mass is 19.3. The number of hydrogen-bond donors (Lipinski definition) is 0. The predicted molar refractivity (Wildman–Crippen MR) is 50.6 cm³/mol. The number of allylic oxidation sites excluding steroid dienone is 4. The molecule has 0 spiro atoms. The number of hydrogen-bond acceptors (Lipinski definition) is 0. The number of rotatable bonds is 1. The van der Waals surface area contributed by atoms with Gasteiger partial charge in [-0.1, -0.05) is 36.4 Å². The highest BCUT2D eigenvalue weighted by Crippen LogP contribution is 2.32. The number of benzene rings is 1. The Morgan fingerprint density at radius 1 is 1.21 bits per heavy atom. The van der Waals surface area contributed by atoms with Crippen LogP contribution in [0.1, 0.15) is 12.0 Å². The maximum absolute atomic E-state index is 12.9. The highest BCUT2D eigenvalue weighted by Gasteiger charge is 2.29. The third-order valence-electron chi connectivity index (χ3n) is 2.08. The molecule has 0 amide bonds. The van der Waals surface area contributed by atoms with E-state index in [0.717, 1.165) is 5.56 Å². The molecule has 0 atom stereocenters. The fourth-order valence-corrected chi connectivity index (χ4v) is 1.41. The maximum atomic E-state index is 12.9. The number of halogens is 2. The fraction of sp³-hybridized carbons (Fsp3) is 0.167. The predicted octanol–water partition coefficient (Wildman–Crippen LogP) is 3.27. The lowest BCUT2D eigenvalue weighted by molar-refractivity contribution is 0.0516. The van der Waals surface area contributed by atoms with Crippen LogP contribution in [0, 0.1) is 12.1 Å². The maximum Gasteiger partial charge on any atom is 0.277 e. The highest BCUT2D eigenvalue weighted by molar-refractivity contribution is 5.68. The molecule has 0 aromatic heterocycles. The third kappa shape index (κ3) is 1.90. The van der Waals surface area contributed by atoms with Crippen molar-refractivity contribution in [2.45, 2.75) is 12.3 Å². The van der Waals surface area contributed by atoms with E-state index in [-0.39, 0.29) is 6.42 Å². The molecule has 0 aliphatic heterocycles. The van der Waals surface area contributed by atoms with E-state index in [1.807, 2.05) is 6.08 Å². The average molecular weight is 190 g/mol. The zero-order valence-corrected chi connectivity index (χ0v) is 7.43. The Morgan fingerprint density at radius 3 is 2.57 bits per heavy atom. The first kappa shape index (κ1) is 9.13. The molecule has 70 valence electrons. The molecular formula is C12H8F2. The minimum atomic E-state index is -2.83. The molecular weight excluding hydrogens is 182 g/mol. The molecule has 0 saturated carbocycles. The summed E-state index contributed by atoms with van der Waals surface area (Å²) in [6.07, 6.45) is 4.71. The standard InChI is InChI=1S/C12H8F2/c13-12(14)8-4-7-11(9-12)10-5-2-1-3-6-10/h2-7H,9H2. The van der Waals surface area contributed by atoms with Crippen molar-refractivity contribution in [1.82, 2.24) is 0 Å². The fourth-order valence-electron chi connectivity index (χ4n) is 1.41. The Kier molecular flexibility index (Phi) is 2.20. The van der Waals surface area contributed by atoms with Gasteiger partial charge in [0.15, 0.2) is 0 Å². The van der Waals surface area contributed by atoms with Gasteiger partial charge < -0.3 is 0 Å². The van der Waals surface area contributed by atoms with E-state index in [0.29, 0.717) is 5.57 Å². The van der Waals surface area contributed by atoms with E-state index in [1.54, 1.807) is 30.3 Å². The second-order valence-electron chi connectivity index (χ2n) is 3.17. The number of alkyl halides is 2. The van der Waals surface area contributed by atoms with Crippen LogP contribution in [0.2, 0.25) is 0 Å². The lowest BCUT2D eigenvalue weighted by atomic mass is 9.95. The largest absolute Gasteiger partial charge is 0.277 e. The topological polar surface area (TPSA) is 0 Å². The van der Waals surface area contributed by atoms with E-state index >= 15 is 0 Å². The lowest BCUT2D eigenvalue weighted by Crippen LogP contribution is -2.15. The van der Waals surface area contributed by atoms with E-state index < -0.39 is 5.92 Å². The Morgan fingerprint density at radius 2 is 1.93 bits per heavy atom. The van der Waals surface area contributed by atoms with Crippen LogP contribution in [0.25, 0.3) is 5.57 Å². The molecule has 2 heteroatoms. The summed E-state index contributed by atoms with van der Waals surface area (Å²) in [5, 5.41) is 0. The quantitative estimate of drug-likeness (QED) is 0.637. The lowest BCUT2D eigenvalue weighted by Gasteiger charge is -2.17. The Bertz CT molecular complexity index is 375. The first-order valence-electron chi connectivity index (χ1n) is 4.32. The van der Waals surface area contributed by atoms with Gasteiger partial charge in [0.1, 0.15) is 0 Å². The molecule has 2 radical (unpaired) electrons. The van der Waals surface area contributed by atoms with Crippen molar-refractivity contribution in [3.63, 3.8) is 0 Å². The minimum Gasteiger partial charge on any atom is -0.201 e. The van der Waals surface area contributed by atoms with E-state index in [2.05, 4.69) is 6.07 Å². The first-order chi connectivity index (χ1) is 6.67. The van der Waals surface area contributed by atoms with Gasteiger partial charge in [-0.2, -0.15) is 0 Å². The Hall–Kier alpha value is -1.44. The second-order valence-corrected chi connectivity index (χ2v) is 3.17. The molecule has 0 heterocycles. The van der Waals surface area contributed by atoms with Crippen LogP contribution in [0.3, 0.4) is 0 Å². The summed E-state index contributed by atoms with van der Waals surface area (Å²) in [5.74, 6) is -2.83. The van der Waals surface area contributed by atoms with Crippen molar-refractivity contribution in [1.29, 1.82) is 0 Å². The molecule has 1 aliphatic carbocycles. The molecule has 0 N–H and O–H groups in total. The van der Waals surface area contributed by atoms with Crippen LogP contribution in [0.4, 0.5) is 8.78 Å². The zero-order chi connectivity index (χ0) is 10.0. The Labute approximate surface area is 81.6 Å². The summed E-state index contributed by atoms with van der Waals surface area (Å²) in [6, 6.07) is 9.85. The molecule has 1 aromatic carbocycles. The molecule has 0 fully saturated rings. The van der Waals surface area contributed by atoms with Gasteiger partial charge in [0, 0.05) is 12.5 Å². The molecule has 0 bridgehead atoms. The molecule has 0 nitrogen and oxygen atoms in total. The van der Waals surface area contributed by atoms with Gasteiger partial charge in [0.25, 0.3) is 5.92 Å². The summed E-state index contributed by atoms with van der Waals surface area (Å²) in [5.41, 5.74) is 1.46. The van der Waals surface area contributed by atoms with Gasteiger partial charge in [-0.05, 0) is 17.2 Å². The van der Waals surface area contributed by atoms with Gasteiger partial charge in [-0.25, -0.2) is 8.78 Å². The van der Waals surface area contributed by atoms with Crippen molar-refractivity contribution in [2.75, 3.05) is 0 Å². The minimum absolute atomic E-state index is 0.270. The van der Waals surface area contributed by atoms with E-state index in [9.17, 15) is 8.78 Å². The van der Waals surface area contributed by atoms with Crippen molar-refractivity contribution in [3.8, 4) is 0 Å². The normalized spacial score (nSPS) is 19.1. The SMILES string of the molecule is FC1(F)[C]=CC=C(c2cc[c]cc2)C1.